The number of hydrogen-bond donors (Lipinski definition) is 1. The minimum atomic E-state index is -0.612. The standard InChI is InChI=1S/C24H30Cl2N2O3/c1-6-21(23(30)27-24(2,3)4)28(15-17-9-12-19(25)20(26)13-17)22(29)14-16-7-10-18(31-5)11-8-16/h7-13,21H,6,14-15H2,1-5H3,(H,27,30)/t21-/m1/s1. The number of nitrogens with zero attached hydrogens (tertiary/aromatic N) is 1. The highest BCUT2D eigenvalue weighted by atomic mass is 35.5. The lowest BCUT2D eigenvalue weighted by Crippen LogP contribution is -2.53. The summed E-state index contributed by atoms with van der Waals surface area (Å²) in [6.07, 6.45) is 0.655. The van der Waals surface area contributed by atoms with Crippen molar-refractivity contribution in [3.63, 3.8) is 0 Å². The molecule has 2 rings (SSSR count). The molecule has 7 heteroatoms. The summed E-state index contributed by atoms with van der Waals surface area (Å²) in [5, 5.41) is 3.85. The minimum absolute atomic E-state index is 0.146. The summed E-state index contributed by atoms with van der Waals surface area (Å²) in [7, 11) is 1.60. The Bertz CT molecular complexity index is 908. The van der Waals surface area contributed by atoms with Crippen molar-refractivity contribution in [3.05, 3.63) is 63.6 Å². The van der Waals surface area contributed by atoms with Crippen LogP contribution in [0, 0.1) is 0 Å². The first-order valence-electron chi connectivity index (χ1n) is 10.2. The lowest BCUT2D eigenvalue weighted by molar-refractivity contribution is -0.141. The number of halogens is 2. The van der Waals surface area contributed by atoms with E-state index in [2.05, 4.69) is 5.32 Å². The molecule has 0 aromatic heterocycles. The average molecular weight is 465 g/mol. The van der Waals surface area contributed by atoms with Crippen LogP contribution in [0.5, 0.6) is 5.75 Å². The highest BCUT2D eigenvalue weighted by molar-refractivity contribution is 6.42. The molecule has 5 nitrogen and oxygen atoms in total. The third-order valence-electron chi connectivity index (χ3n) is 4.74. The van der Waals surface area contributed by atoms with Crippen LogP contribution in [0.25, 0.3) is 0 Å². The first kappa shape index (κ1) is 25.0. The maximum atomic E-state index is 13.3. The van der Waals surface area contributed by atoms with Gasteiger partial charge in [0, 0.05) is 12.1 Å². The Morgan fingerprint density at radius 3 is 2.16 bits per heavy atom. The zero-order valence-corrected chi connectivity index (χ0v) is 20.2. The van der Waals surface area contributed by atoms with Crippen LogP contribution in [0.2, 0.25) is 10.0 Å². The van der Waals surface area contributed by atoms with E-state index in [1.165, 1.54) is 0 Å². The lowest BCUT2D eigenvalue weighted by atomic mass is 10.0. The molecule has 2 amide bonds. The predicted molar refractivity (Wildman–Crippen MR) is 126 cm³/mol. The zero-order chi connectivity index (χ0) is 23.2. The van der Waals surface area contributed by atoms with Gasteiger partial charge in [-0.25, -0.2) is 0 Å². The summed E-state index contributed by atoms with van der Waals surface area (Å²) in [4.78, 5) is 28.0. The number of ether oxygens (including phenoxy) is 1. The number of methoxy groups -OCH3 is 1. The molecule has 0 bridgehead atoms. The maximum Gasteiger partial charge on any atom is 0.243 e. The number of carbonyl (C=O) groups is 2. The van der Waals surface area contributed by atoms with Gasteiger partial charge in [-0.2, -0.15) is 0 Å². The molecule has 0 fully saturated rings. The van der Waals surface area contributed by atoms with E-state index in [1.807, 2.05) is 58.0 Å². The van der Waals surface area contributed by atoms with Gasteiger partial charge in [0.2, 0.25) is 11.8 Å². The van der Waals surface area contributed by atoms with Crippen LogP contribution in [0.4, 0.5) is 0 Å². The maximum absolute atomic E-state index is 13.3. The van der Waals surface area contributed by atoms with E-state index in [9.17, 15) is 9.59 Å². The highest BCUT2D eigenvalue weighted by Gasteiger charge is 2.30. The predicted octanol–water partition coefficient (Wildman–Crippen LogP) is 5.27. The van der Waals surface area contributed by atoms with Gasteiger partial charge in [-0.3, -0.25) is 9.59 Å². The number of rotatable bonds is 8. The quantitative estimate of drug-likeness (QED) is 0.578. The smallest absolute Gasteiger partial charge is 0.243 e. The van der Waals surface area contributed by atoms with Gasteiger partial charge in [-0.1, -0.05) is 48.3 Å². The molecule has 0 aliphatic carbocycles. The van der Waals surface area contributed by atoms with Crippen molar-refractivity contribution < 1.29 is 14.3 Å². The molecular weight excluding hydrogens is 435 g/mol. The summed E-state index contributed by atoms with van der Waals surface area (Å²) >= 11 is 12.2. The second-order valence-electron chi connectivity index (χ2n) is 8.46. The molecule has 0 saturated heterocycles. The van der Waals surface area contributed by atoms with Crippen LogP contribution in [0.3, 0.4) is 0 Å². The Morgan fingerprint density at radius 2 is 1.65 bits per heavy atom. The van der Waals surface area contributed by atoms with E-state index in [1.54, 1.807) is 24.1 Å². The van der Waals surface area contributed by atoms with Crippen molar-refractivity contribution in [1.82, 2.24) is 10.2 Å². The first-order chi connectivity index (χ1) is 14.5. The van der Waals surface area contributed by atoms with Crippen molar-refractivity contribution >= 4 is 35.0 Å². The van der Waals surface area contributed by atoms with Crippen LogP contribution < -0.4 is 10.1 Å². The SMILES string of the molecule is CC[C@H](C(=O)NC(C)(C)C)N(Cc1ccc(Cl)c(Cl)c1)C(=O)Cc1ccc(OC)cc1. The van der Waals surface area contributed by atoms with Gasteiger partial charge < -0.3 is 15.0 Å². The van der Waals surface area contributed by atoms with E-state index in [-0.39, 0.29) is 24.8 Å². The summed E-state index contributed by atoms with van der Waals surface area (Å²) in [6, 6.07) is 12.0. The number of carbonyl (C=O) groups excluding carboxylic acids is 2. The van der Waals surface area contributed by atoms with Gasteiger partial charge in [-0.15, -0.1) is 0 Å². The van der Waals surface area contributed by atoms with Crippen LogP contribution in [-0.2, 0) is 22.6 Å². The Hall–Kier alpha value is -2.24. The molecule has 168 valence electrons. The molecule has 0 spiro atoms. The Labute approximate surface area is 194 Å². The second-order valence-corrected chi connectivity index (χ2v) is 9.27. The summed E-state index contributed by atoms with van der Waals surface area (Å²) in [5.41, 5.74) is 1.24. The van der Waals surface area contributed by atoms with Crippen molar-refractivity contribution in [1.29, 1.82) is 0 Å². The van der Waals surface area contributed by atoms with Crippen molar-refractivity contribution in [2.75, 3.05) is 7.11 Å². The van der Waals surface area contributed by atoms with Gasteiger partial charge in [0.1, 0.15) is 11.8 Å². The van der Waals surface area contributed by atoms with Gasteiger partial charge in [0.05, 0.1) is 23.6 Å². The van der Waals surface area contributed by atoms with Gasteiger partial charge in [0.25, 0.3) is 0 Å². The second kappa shape index (κ2) is 10.9. The molecule has 0 saturated carbocycles. The summed E-state index contributed by atoms with van der Waals surface area (Å²) in [6.45, 7) is 7.90. The van der Waals surface area contributed by atoms with Crippen molar-refractivity contribution in [2.45, 2.75) is 58.7 Å². The van der Waals surface area contributed by atoms with Gasteiger partial charge in [-0.05, 0) is 62.6 Å². The van der Waals surface area contributed by atoms with Crippen LogP contribution in [0.15, 0.2) is 42.5 Å². The van der Waals surface area contributed by atoms with E-state index < -0.39 is 11.6 Å². The molecular formula is C24H30Cl2N2O3. The molecule has 0 radical (unpaired) electrons. The van der Waals surface area contributed by atoms with Crippen LogP contribution >= 0.6 is 23.2 Å². The topological polar surface area (TPSA) is 58.6 Å². The minimum Gasteiger partial charge on any atom is -0.497 e. The van der Waals surface area contributed by atoms with Gasteiger partial charge in [0.15, 0.2) is 0 Å². The molecule has 0 aliphatic heterocycles. The molecule has 0 aliphatic rings. The number of amides is 2. The van der Waals surface area contributed by atoms with Gasteiger partial charge >= 0.3 is 0 Å². The number of hydrogen-bond acceptors (Lipinski definition) is 3. The third kappa shape index (κ3) is 7.44. The highest BCUT2D eigenvalue weighted by Crippen LogP contribution is 2.24. The molecule has 0 unspecified atom stereocenters. The monoisotopic (exact) mass is 464 g/mol. The fraction of sp³-hybridized carbons (Fsp3) is 0.417. The largest absolute Gasteiger partial charge is 0.497 e. The third-order valence-corrected chi connectivity index (χ3v) is 5.47. The van der Waals surface area contributed by atoms with E-state index in [0.29, 0.717) is 16.5 Å². The molecule has 1 atom stereocenters. The molecule has 2 aromatic carbocycles. The van der Waals surface area contributed by atoms with Crippen molar-refractivity contribution in [3.8, 4) is 5.75 Å². The number of benzene rings is 2. The molecule has 2 aromatic rings. The molecule has 31 heavy (non-hydrogen) atoms. The Balaban J connectivity index is 2.32. The fourth-order valence-electron chi connectivity index (χ4n) is 3.23. The lowest BCUT2D eigenvalue weighted by Gasteiger charge is -2.33. The summed E-state index contributed by atoms with van der Waals surface area (Å²) < 4.78 is 5.18. The van der Waals surface area contributed by atoms with Crippen LogP contribution in [-0.4, -0.2) is 35.4 Å². The average Bonchev–Trinajstić information content (AvgIpc) is 2.69. The molecule has 1 N–H and O–H groups in total. The van der Waals surface area contributed by atoms with E-state index >= 15 is 0 Å². The van der Waals surface area contributed by atoms with Crippen molar-refractivity contribution in [2.24, 2.45) is 0 Å². The first-order valence-corrected chi connectivity index (χ1v) is 11.0. The Morgan fingerprint density at radius 1 is 1.03 bits per heavy atom. The number of nitrogens with one attached hydrogen (secondary N) is 1. The molecule has 0 heterocycles. The van der Waals surface area contributed by atoms with Crippen LogP contribution in [0.1, 0.15) is 45.2 Å². The zero-order valence-electron chi connectivity index (χ0n) is 18.7. The normalized spacial score (nSPS) is 12.2. The summed E-state index contributed by atoms with van der Waals surface area (Å²) in [5.74, 6) is 0.394. The Kier molecular flexibility index (Phi) is 8.78. The van der Waals surface area contributed by atoms with E-state index in [4.69, 9.17) is 27.9 Å². The van der Waals surface area contributed by atoms with E-state index in [0.717, 1.165) is 16.9 Å². The fourth-order valence-corrected chi connectivity index (χ4v) is 3.55.